The minimum Gasteiger partial charge on any atom is -0.485 e. The fraction of sp³-hybridized carbons (Fsp3) is 0.263. The van der Waals surface area contributed by atoms with Gasteiger partial charge in [0.1, 0.15) is 13.2 Å². The number of rotatable bonds is 3. The van der Waals surface area contributed by atoms with Crippen LogP contribution in [-0.2, 0) is 4.79 Å². The molecule has 0 saturated heterocycles. The molecule has 134 valence electrons. The Kier molecular flexibility index (Phi) is 4.35. The number of fused-ring (bicyclic) bond motifs is 2. The summed E-state index contributed by atoms with van der Waals surface area (Å²) in [5.41, 5.74) is 3.11. The molecule has 2 aromatic carbocycles. The van der Waals surface area contributed by atoms with E-state index in [9.17, 15) is 4.79 Å². The third-order valence-corrected chi connectivity index (χ3v) is 4.12. The maximum absolute atomic E-state index is 12.3. The smallest absolute Gasteiger partial charge is 0.284 e. The molecule has 7 heteroatoms. The van der Waals surface area contributed by atoms with Gasteiger partial charge in [-0.2, -0.15) is 5.10 Å². The van der Waals surface area contributed by atoms with E-state index in [1.807, 2.05) is 36.4 Å². The number of nitrogens with zero attached hydrogens (tertiary/aromatic N) is 1. The van der Waals surface area contributed by atoms with Gasteiger partial charge in [0.15, 0.2) is 29.1 Å². The van der Waals surface area contributed by atoms with Gasteiger partial charge in [-0.05, 0) is 31.2 Å². The Bertz CT molecular complexity index is 851. The van der Waals surface area contributed by atoms with E-state index in [1.165, 1.54) is 0 Å². The van der Waals surface area contributed by atoms with Gasteiger partial charge in [0.05, 0.1) is 5.71 Å². The Morgan fingerprint density at radius 3 is 2.00 bits per heavy atom. The first-order valence-corrected chi connectivity index (χ1v) is 8.32. The van der Waals surface area contributed by atoms with Crippen LogP contribution >= 0.6 is 0 Å². The van der Waals surface area contributed by atoms with Gasteiger partial charge >= 0.3 is 0 Å². The summed E-state index contributed by atoms with van der Waals surface area (Å²) in [6, 6.07) is 14.7. The molecule has 1 N–H and O–H groups in total. The number of hydrogen-bond acceptors (Lipinski definition) is 6. The molecule has 0 saturated carbocycles. The number of hydrogen-bond donors (Lipinski definition) is 1. The molecule has 0 bridgehead atoms. The Morgan fingerprint density at radius 1 is 0.885 bits per heavy atom. The van der Waals surface area contributed by atoms with E-state index in [-0.39, 0.29) is 18.6 Å². The second-order valence-corrected chi connectivity index (χ2v) is 5.96. The van der Waals surface area contributed by atoms with Crippen LogP contribution in [0.15, 0.2) is 53.6 Å². The van der Waals surface area contributed by atoms with Crippen molar-refractivity contribution >= 4 is 11.6 Å². The van der Waals surface area contributed by atoms with Crippen molar-refractivity contribution in [3.8, 4) is 23.0 Å². The number of hydrazone groups is 1. The molecular weight excluding hydrogens is 336 g/mol. The van der Waals surface area contributed by atoms with E-state index in [2.05, 4.69) is 10.5 Å². The number of ether oxygens (including phenoxy) is 4. The zero-order valence-electron chi connectivity index (χ0n) is 14.2. The number of carbonyl (C=O) groups is 1. The monoisotopic (exact) mass is 354 g/mol. The zero-order valence-corrected chi connectivity index (χ0v) is 14.2. The first-order chi connectivity index (χ1) is 12.7. The fourth-order valence-corrected chi connectivity index (χ4v) is 2.66. The van der Waals surface area contributed by atoms with E-state index in [1.54, 1.807) is 19.1 Å². The molecule has 2 aliphatic rings. The van der Waals surface area contributed by atoms with Crippen LogP contribution in [0, 0.1) is 0 Å². The maximum Gasteiger partial charge on any atom is 0.284 e. The Hall–Kier alpha value is -3.22. The molecular formula is C19H18N2O5. The third-order valence-electron chi connectivity index (χ3n) is 4.12. The van der Waals surface area contributed by atoms with E-state index in [0.717, 1.165) is 0 Å². The lowest BCUT2D eigenvalue weighted by molar-refractivity contribution is -0.130. The second-order valence-electron chi connectivity index (χ2n) is 5.96. The van der Waals surface area contributed by atoms with Gasteiger partial charge in [-0.25, -0.2) is 5.43 Å². The lowest BCUT2D eigenvalue weighted by Gasteiger charge is -2.27. The molecule has 2 heterocycles. The van der Waals surface area contributed by atoms with Crippen molar-refractivity contribution < 1.29 is 23.7 Å². The van der Waals surface area contributed by atoms with E-state index < -0.39 is 6.10 Å². The second kappa shape index (κ2) is 6.95. The van der Waals surface area contributed by atoms with Crippen LogP contribution < -0.4 is 24.4 Å². The average molecular weight is 354 g/mol. The molecule has 0 radical (unpaired) electrons. The normalized spacial score (nSPS) is 21.0. The third kappa shape index (κ3) is 3.28. The number of para-hydroxylation sites is 4. The number of nitrogens with one attached hydrogen (secondary N) is 1. The average Bonchev–Trinajstić information content (AvgIpc) is 2.71. The van der Waals surface area contributed by atoms with Crippen LogP contribution in [0.2, 0.25) is 0 Å². The molecule has 2 atom stereocenters. The summed E-state index contributed by atoms with van der Waals surface area (Å²) in [5.74, 6) is 2.15. The molecule has 0 fully saturated rings. The molecule has 0 unspecified atom stereocenters. The topological polar surface area (TPSA) is 78.4 Å². The summed E-state index contributed by atoms with van der Waals surface area (Å²) in [5, 5.41) is 4.13. The molecule has 7 nitrogen and oxygen atoms in total. The first kappa shape index (κ1) is 16.3. The molecule has 0 aromatic heterocycles. The number of amides is 1. The van der Waals surface area contributed by atoms with Crippen molar-refractivity contribution in [2.45, 2.75) is 19.1 Å². The Balaban J connectivity index is 1.37. The van der Waals surface area contributed by atoms with E-state index >= 15 is 0 Å². The van der Waals surface area contributed by atoms with Gasteiger partial charge in [-0.3, -0.25) is 4.79 Å². The van der Waals surface area contributed by atoms with Crippen molar-refractivity contribution in [2.75, 3.05) is 13.2 Å². The van der Waals surface area contributed by atoms with E-state index in [0.29, 0.717) is 35.3 Å². The SMILES string of the molecule is C/C(=N/NC(=O)[C@@H]1COc2ccccc2O1)[C@@H]1COc2ccccc2O1. The van der Waals surface area contributed by atoms with Crippen molar-refractivity contribution in [1.29, 1.82) is 0 Å². The van der Waals surface area contributed by atoms with Crippen LogP contribution in [0.5, 0.6) is 23.0 Å². The molecule has 0 spiro atoms. The lowest BCUT2D eigenvalue weighted by Crippen LogP contribution is -2.43. The first-order valence-electron chi connectivity index (χ1n) is 8.32. The fourth-order valence-electron chi connectivity index (χ4n) is 2.66. The Labute approximate surface area is 150 Å². The number of benzene rings is 2. The highest BCUT2D eigenvalue weighted by atomic mass is 16.6. The zero-order chi connectivity index (χ0) is 17.9. The Morgan fingerprint density at radius 2 is 1.38 bits per heavy atom. The standard InChI is InChI=1S/C19H18N2O5/c1-12(17-10-23-13-6-2-4-8-15(13)25-17)20-21-19(22)18-11-24-14-7-3-5-9-16(14)26-18/h2-9,17-18H,10-11H2,1H3,(H,21,22)/b20-12-/t17-,18-/m0/s1. The quantitative estimate of drug-likeness (QED) is 0.675. The minimum atomic E-state index is -0.759. The van der Waals surface area contributed by atoms with Gasteiger partial charge < -0.3 is 18.9 Å². The maximum atomic E-state index is 12.3. The summed E-state index contributed by atoms with van der Waals surface area (Å²) in [6.45, 7) is 2.24. The van der Waals surface area contributed by atoms with Crippen LogP contribution in [0.3, 0.4) is 0 Å². The molecule has 2 aromatic rings. The largest absolute Gasteiger partial charge is 0.485 e. The van der Waals surface area contributed by atoms with Crippen molar-refractivity contribution in [3.63, 3.8) is 0 Å². The van der Waals surface area contributed by atoms with Crippen LogP contribution in [0.1, 0.15) is 6.92 Å². The molecule has 0 aliphatic carbocycles. The summed E-state index contributed by atoms with van der Waals surface area (Å²) < 4.78 is 22.7. The van der Waals surface area contributed by atoms with Gasteiger partial charge in [0.2, 0.25) is 6.10 Å². The van der Waals surface area contributed by atoms with Crippen LogP contribution in [-0.4, -0.2) is 37.0 Å². The van der Waals surface area contributed by atoms with Crippen molar-refractivity contribution in [2.24, 2.45) is 5.10 Å². The highest BCUT2D eigenvalue weighted by Gasteiger charge is 2.28. The summed E-state index contributed by atoms with van der Waals surface area (Å²) in [7, 11) is 0. The molecule has 1 amide bonds. The lowest BCUT2D eigenvalue weighted by atomic mass is 10.2. The molecule has 26 heavy (non-hydrogen) atoms. The van der Waals surface area contributed by atoms with Crippen molar-refractivity contribution in [1.82, 2.24) is 5.43 Å². The molecule has 4 rings (SSSR count). The van der Waals surface area contributed by atoms with E-state index in [4.69, 9.17) is 18.9 Å². The summed E-state index contributed by atoms with van der Waals surface area (Å²) in [6.07, 6.45) is -1.12. The van der Waals surface area contributed by atoms with Gasteiger partial charge in [0.25, 0.3) is 5.91 Å². The van der Waals surface area contributed by atoms with Gasteiger partial charge in [-0.15, -0.1) is 0 Å². The van der Waals surface area contributed by atoms with Gasteiger partial charge in [0, 0.05) is 0 Å². The summed E-state index contributed by atoms with van der Waals surface area (Å²) in [4.78, 5) is 12.3. The minimum absolute atomic E-state index is 0.133. The number of carbonyl (C=O) groups excluding carboxylic acids is 1. The summed E-state index contributed by atoms with van der Waals surface area (Å²) >= 11 is 0. The predicted octanol–water partition coefficient (Wildman–Crippen LogP) is 2.16. The van der Waals surface area contributed by atoms with Gasteiger partial charge in [-0.1, -0.05) is 24.3 Å². The highest BCUT2D eigenvalue weighted by molar-refractivity contribution is 5.89. The van der Waals surface area contributed by atoms with Crippen LogP contribution in [0.25, 0.3) is 0 Å². The molecule has 2 aliphatic heterocycles. The highest BCUT2D eigenvalue weighted by Crippen LogP contribution is 2.32. The van der Waals surface area contributed by atoms with Crippen molar-refractivity contribution in [3.05, 3.63) is 48.5 Å². The predicted molar refractivity (Wildman–Crippen MR) is 94.0 cm³/mol. The van der Waals surface area contributed by atoms with Crippen LogP contribution in [0.4, 0.5) is 0 Å².